The smallest absolute Gasteiger partial charge is 0.207 e. The van der Waals surface area contributed by atoms with Gasteiger partial charge in [-0.15, -0.1) is 23.2 Å². The van der Waals surface area contributed by atoms with Gasteiger partial charge in [-0.25, -0.2) is 17.5 Å². The molecule has 0 saturated heterocycles. The number of hydrogen-bond acceptors (Lipinski definition) is 2. The lowest BCUT2D eigenvalue weighted by atomic mass is 10.1. The molecule has 0 aliphatic carbocycles. The Hall–Kier alpha value is 0.220. The lowest BCUT2D eigenvalue weighted by Crippen LogP contribution is -2.49. The highest BCUT2D eigenvalue weighted by Crippen LogP contribution is 2.30. The molecular weight excluding hydrogens is 359 g/mol. The number of sulfonamides is 1. The van der Waals surface area contributed by atoms with Crippen LogP contribution < -0.4 is 4.72 Å². The molecule has 0 heterocycles. The zero-order valence-corrected chi connectivity index (χ0v) is 13.5. The van der Waals surface area contributed by atoms with Crippen LogP contribution in [0.2, 0.25) is 10.0 Å². The lowest BCUT2D eigenvalue weighted by molar-refractivity contribution is 0.499. The number of benzene rings is 1. The number of halogens is 5. The van der Waals surface area contributed by atoms with E-state index in [1.54, 1.807) is 0 Å². The fourth-order valence-electron chi connectivity index (χ4n) is 1.19. The minimum atomic E-state index is -4.06. The second kappa shape index (κ2) is 6.33. The zero-order valence-electron chi connectivity index (χ0n) is 9.68. The van der Waals surface area contributed by atoms with E-state index < -0.39 is 31.3 Å². The minimum Gasteiger partial charge on any atom is -0.207 e. The average molecular weight is 369 g/mol. The van der Waals surface area contributed by atoms with Crippen LogP contribution in [0, 0.1) is 5.82 Å². The largest absolute Gasteiger partial charge is 0.242 e. The van der Waals surface area contributed by atoms with Gasteiger partial charge in [0.1, 0.15) is 4.90 Å². The maximum Gasteiger partial charge on any atom is 0.242 e. The van der Waals surface area contributed by atoms with Gasteiger partial charge < -0.3 is 0 Å². The molecule has 0 aromatic heterocycles. The topological polar surface area (TPSA) is 46.2 Å². The molecule has 0 saturated carbocycles. The molecule has 0 aliphatic heterocycles. The lowest BCUT2D eigenvalue weighted by Gasteiger charge is -2.25. The molecule has 0 atom stereocenters. The molecular formula is C10H10Cl4FNO2S. The molecule has 0 bridgehead atoms. The van der Waals surface area contributed by atoms with Crippen molar-refractivity contribution >= 4 is 56.4 Å². The molecule has 0 radical (unpaired) electrons. The van der Waals surface area contributed by atoms with Gasteiger partial charge in [0.05, 0.1) is 15.6 Å². The predicted molar refractivity (Wildman–Crippen MR) is 76.6 cm³/mol. The molecule has 108 valence electrons. The summed E-state index contributed by atoms with van der Waals surface area (Å²) >= 11 is 22.5. The van der Waals surface area contributed by atoms with E-state index in [1.807, 2.05) is 0 Å². The normalized spacial score (nSPS) is 12.7. The van der Waals surface area contributed by atoms with Crippen molar-refractivity contribution < 1.29 is 12.8 Å². The van der Waals surface area contributed by atoms with E-state index in [4.69, 9.17) is 46.4 Å². The van der Waals surface area contributed by atoms with Crippen LogP contribution in [0.15, 0.2) is 17.0 Å². The molecule has 1 rings (SSSR count). The van der Waals surface area contributed by atoms with Crippen LogP contribution in [0.1, 0.15) is 6.92 Å². The van der Waals surface area contributed by atoms with E-state index >= 15 is 0 Å². The summed E-state index contributed by atoms with van der Waals surface area (Å²) in [6.07, 6.45) is 0. The molecule has 1 aromatic rings. The minimum absolute atomic E-state index is 0.0522. The third kappa shape index (κ3) is 3.86. The van der Waals surface area contributed by atoms with Crippen LogP contribution in [0.25, 0.3) is 0 Å². The van der Waals surface area contributed by atoms with E-state index in [2.05, 4.69) is 4.72 Å². The van der Waals surface area contributed by atoms with Gasteiger partial charge in [-0.05, 0) is 19.1 Å². The van der Waals surface area contributed by atoms with Gasteiger partial charge in [0.15, 0.2) is 5.82 Å². The maximum atomic E-state index is 13.5. The van der Waals surface area contributed by atoms with E-state index in [1.165, 1.54) is 6.92 Å². The monoisotopic (exact) mass is 367 g/mol. The van der Waals surface area contributed by atoms with Gasteiger partial charge >= 0.3 is 0 Å². The Morgan fingerprint density at radius 3 is 2.26 bits per heavy atom. The van der Waals surface area contributed by atoms with Crippen molar-refractivity contribution in [2.24, 2.45) is 0 Å². The fourth-order valence-corrected chi connectivity index (χ4v) is 3.91. The molecule has 9 heteroatoms. The number of nitrogens with one attached hydrogen (secondary N) is 1. The van der Waals surface area contributed by atoms with Crippen molar-refractivity contribution in [2.75, 3.05) is 11.8 Å². The summed E-state index contributed by atoms with van der Waals surface area (Å²) in [7, 11) is -4.06. The quantitative estimate of drug-likeness (QED) is 0.636. The molecule has 0 unspecified atom stereocenters. The first-order chi connectivity index (χ1) is 8.67. The zero-order chi connectivity index (χ0) is 14.8. The van der Waals surface area contributed by atoms with E-state index in [9.17, 15) is 12.8 Å². The molecule has 0 fully saturated rings. The van der Waals surface area contributed by atoms with Crippen molar-refractivity contribution in [3.05, 3.63) is 28.0 Å². The summed E-state index contributed by atoms with van der Waals surface area (Å²) in [4.78, 5) is -0.419. The van der Waals surface area contributed by atoms with Gasteiger partial charge in [0, 0.05) is 11.8 Å². The highest BCUT2D eigenvalue weighted by atomic mass is 35.5. The molecule has 0 amide bonds. The highest BCUT2D eigenvalue weighted by Gasteiger charge is 2.31. The third-order valence-electron chi connectivity index (χ3n) is 2.26. The summed E-state index contributed by atoms with van der Waals surface area (Å²) < 4.78 is 40.1. The van der Waals surface area contributed by atoms with Crippen LogP contribution in [0.4, 0.5) is 4.39 Å². The Morgan fingerprint density at radius 2 is 1.79 bits per heavy atom. The van der Waals surface area contributed by atoms with Crippen LogP contribution in [-0.4, -0.2) is 25.7 Å². The Morgan fingerprint density at radius 1 is 1.26 bits per heavy atom. The predicted octanol–water partition coefficient (Wildman–Crippen LogP) is 3.65. The van der Waals surface area contributed by atoms with Crippen molar-refractivity contribution in [3.63, 3.8) is 0 Å². The van der Waals surface area contributed by atoms with Gasteiger partial charge in [-0.3, -0.25) is 0 Å². The number of hydrogen-bond donors (Lipinski definition) is 1. The fraction of sp³-hybridized carbons (Fsp3) is 0.400. The third-order valence-corrected chi connectivity index (χ3v) is 5.89. The standard InChI is InChI=1S/C10H10Cl4FNO2S/c1-10(4-11,5-12)16-19(17,18)7-3-2-6(13)9(15)8(7)14/h2-3,16H,4-5H2,1H3. The highest BCUT2D eigenvalue weighted by molar-refractivity contribution is 7.89. The second-order valence-corrected chi connectivity index (χ2v) is 7.08. The van der Waals surface area contributed by atoms with E-state index in [0.717, 1.165) is 12.1 Å². The summed E-state index contributed by atoms with van der Waals surface area (Å²) in [5.74, 6) is -1.10. The van der Waals surface area contributed by atoms with Crippen molar-refractivity contribution in [1.29, 1.82) is 0 Å². The Bertz CT molecular complexity index is 575. The number of rotatable bonds is 5. The van der Waals surface area contributed by atoms with E-state index in [0.29, 0.717) is 0 Å². The van der Waals surface area contributed by atoms with Gasteiger partial charge in [0.2, 0.25) is 10.0 Å². The summed E-state index contributed by atoms with van der Waals surface area (Å²) in [5.41, 5.74) is -1.07. The summed E-state index contributed by atoms with van der Waals surface area (Å²) in [6.45, 7) is 1.52. The first-order valence-corrected chi connectivity index (χ1v) is 8.27. The molecule has 0 aliphatic rings. The molecule has 0 spiro atoms. The molecule has 3 nitrogen and oxygen atoms in total. The van der Waals surface area contributed by atoms with Gasteiger partial charge in [0.25, 0.3) is 0 Å². The van der Waals surface area contributed by atoms with Gasteiger partial charge in [-0.1, -0.05) is 23.2 Å². The molecule has 1 aromatic carbocycles. The Labute approximate surface area is 131 Å². The summed E-state index contributed by atoms with van der Waals surface area (Å²) in [6, 6.07) is 2.22. The Kier molecular flexibility index (Phi) is 5.75. The maximum absolute atomic E-state index is 13.5. The van der Waals surface area contributed by atoms with Crippen molar-refractivity contribution in [1.82, 2.24) is 4.72 Å². The SMILES string of the molecule is CC(CCl)(CCl)NS(=O)(=O)c1ccc(Cl)c(F)c1Cl. The van der Waals surface area contributed by atoms with Crippen LogP contribution in [-0.2, 0) is 10.0 Å². The Balaban J connectivity index is 3.26. The van der Waals surface area contributed by atoms with Crippen molar-refractivity contribution in [3.8, 4) is 0 Å². The average Bonchev–Trinajstić information content (AvgIpc) is 2.35. The van der Waals surface area contributed by atoms with Crippen molar-refractivity contribution in [2.45, 2.75) is 17.4 Å². The molecule has 1 N–H and O–H groups in total. The van der Waals surface area contributed by atoms with E-state index in [-0.39, 0.29) is 16.8 Å². The van der Waals surface area contributed by atoms with Crippen LogP contribution in [0.5, 0.6) is 0 Å². The first-order valence-electron chi connectivity index (χ1n) is 4.96. The number of alkyl halides is 2. The second-order valence-electron chi connectivity index (χ2n) is 4.11. The first kappa shape index (κ1) is 17.3. The van der Waals surface area contributed by atoms with Crippen LogP contribution in [0.3, 0.4) is 0 Å². The summed E-state index contributed by atoms with van der Waals surface area (Å²) in [5, 5.41) is -0.840. The van der Waals surface area contributed by atoms with Gasteiger partial charge in [-0.2, -0.15) is 0 Å². The van der Waals surface area contributed by atoms with Crippen LogP contribution >= 0.6 is 46.4 Å². The molecule has 19 heavy (non-hydrogen) atoms.